The number of benzene rings is 1. The number of nitrogens with one attached hydrogen (secondary N) is 1. The van der Waals surface area contributed by atoms with Crippen LogP contribution in [-0.4, -0.2) is 46.3 Å². The van der Waals surface area contributed by atoms with Crippen LogP contribution in [-0.2, 0) is 12.8 Å². The lowest BCUT2D eigenvalue weighted by Crippen LogP contribution is -2.27. The van der Waals surface area contributed by atoms with Crippen LogP contribution >= 0.6 is 0 Å². The van der Waals surface area contributed by atoms with Gasteiger partial charge in [-0.2, -0.15) is 0 Å². The maximum atomic E-state index is 9.27. The van der Waals surface area contributed by atoms with Gasteiger partial charge in [0.25, 0.3) is 0 Å². The van der Waals surface area contributed by atoms with E-state index in [1.807, 2.05) is 31.2 Å². The highest BCUT2D eigenvalue weighted by molar-refractivity contribution is 5.59. The van der Waals surface area contributed by atoms with Gasteiger partial charge >= 0.3 is 0 Å². The minimum Gasteiger partial charge on any atom is -0.396 e. The first-order chi connectivity index (χ1) is 14.7. The molecule has 0 saturated heterocycles. The minimum absolute atomic E-state index is 0.199. The van der Waals surface area contributed by atoms with E-state index < -0.39 is 0 Å². The second kappa shape index (κ2) is 9.67. The maximum Gasteiger partial charge on any atom is 0.182 e. The van der Waals surface area contributed by atoms with Gasteiger partial charge in [0.2, 0.25) is 0 Å². The number of hydrogen-bond acceptors (Lipinski definition) is 6. The zero-order valence-electron chi connectivity index (χ0n) is 17.5. The van der Waals surface area contributed by atoms with E-state index in [0.29, 0.717) is 5.82 Å². The molecule has 0 fully saturated rings. The normalized spacial score (nSPS) is 14.7. The quantitative estimate of drug-likeness (QED) is 0.628. The number of rotatable bonds is 7. The Labute approximate surface area is 178 Å². The monoisotopic (exact) mass is 403 g/mol. The maximum absolute atomic E-state index is 9.27. The zero-order chi connectivity index (χ0) is 20.8. The second-order valence-corrected chi connectivity index (χ2v) is 7.91. The molecule has 1 unspecified atom stereocenters. The molecule has 6 nitrogen and oxygen atoms in total. The van der Waals surface area contributed by atoms with Crippen LogP contribution in [0.1, 0.15) is 24.5 Å². The Morgan fingerprint density at radius 3 is 2.43 bits per heavy atom. The van der Waals surface area contributed by atoms with Crippen molar-refractivity contribution in [2.75, 3.05) is 36.5 Å². The molecule has 6 heteroatoms. The van der Waals surface area contributed by atoms with Gasteiger partial charge in [-0.05, 0) is 48.4 Å². The van der Waals surface area contributed by atoms with Crippen molar-refractivity contribution < 1.29 is 5.11 Å². The third-order valence-electron chi connectivity index (χ3n) is 5.61. The van der Waals surface area contributed by atoms with Crippen molar-refractivity contribution in [3.63, 3.8) is 0 Å². The Morgan fingerprint density at radius 2 is 1.77 bits per heavy atom. The number of hydrogen-bond donors (Lipinski definition) is 2. The molecule has 2 aromatic heterocycles. The Kier molecular flexibility index (Phi) is 6.54. The highest BCUT2D eigenvalue weighted by Gasteiger charge is 2.17. The largest absolute Gasteiger partial charge is 0.396 e. The molecule has 0 amide bonds. The van der Waals surface area contributed by atoms with Gasteiger partial charge in [-0.1, -0.05) is 37.3 Å². The summed E-state index contributed by atoms with van der Waals surface area (Å²) in [4.78, 5) is 16.4. The predicted octanol–water partition coefficient (Wildman–Crippen LogP) is 3.57. The van der Waals surface area contributed by atoms with Crippen LogP contribution in [0, 0.1) is 5.92 Å². The lowest BCUT2D eigenvalue weighted by Gasteiger charge is -2.22. The van der Waals surface area contributed by atoms with Crippen LogP contribution in [0.15, 0.2) is 54.7 Å². The van der Waals surface area contributed by atoms with E-state index >= 15 is 0 Å². The van der Waals surface area contributed by atoms with Crippen molar-refractivity contribution in [1.82, 2.24) is 15.0 Å². The van der Waals surface area contributed by atoms with Gasteiger partial charge in [-0.15, -0.1) is 0 Å². The van der Waals surface area contributed by atoms with Crippen molar-refractivity contribution in [1.29, 1.82) is 0 Å². The number of fused-ring (bicyclic) bond motifs is 1. The molecular weight excluding hydrogens is 374 g/mol. The van der Waals surface area contributed by atoms with Crippen LogP contribution in [0.5, 0.6) is 0 Å². The number of aliphatic hydroxyl groups excluding tert-OH is 1. The lowest BCUT2D eigenvalue weighted by atomic mass is 10.0. The van der Waals surface area contributed by atoms with Crippen LogP contribution in [0.3, 0.4) is 0 Å². The van der Waals surface area contributed by atoms with Crippen molar-refractivity contribution in [3.8, 4) is 11.5 Å². The van der Waals surface area contributed by atoms with Crippen molar-refractivity contribution in [3.05, 3.63) is 65.9 Å². The molecule has 30 heavy (non-hydrogen) atoms. The highest BCUT2D eigenvalue weighted by Crippen LogP contribution is 2.24. The summed E-state index contributed by atoms with van der Waals surface area (Å²) in [5.41, 5.74) is 3.62. The molecule has 1 aliphatic rings. The number of anilines is 2. The fourth-order valence-electron chi connectivity index (χ4n) is 3.73. The van der Waals surface area contributed by atoms with Crippen LogP contribution in [0.4, 0.5) is 11.6 Å². The van der Waals surface area contributed by atoms with E-state index in [1.165, 1.54) is 11.1 Å². The fraction of sp³-hybridized carbons (Fsp3) is 0.375. The van der Waals surface area contributed by atoms with Crippen LogP contribution in [0.25, 0.3) is 11.5 Å². The summed E-state index contributed by atoms with van der Waals surface area (Å²) < 4.78 is 0. The average Bonchev–Trinajstić information content (AvgIpc) is 3.02. The summed E-state index contributed by atoms with van der Waals surface area (Å²) in [7, 11) is 0. The summed E-state index contributed by atoms with van der Waals surface area (Å²) in [6, 6.07) is 16.5. The van der Waals surface area contributed by atoms with Gasteiger partial charge < -0.3 is 15.3 Å². The highest BCUT2D eigenvalue weighted by atomic mass is 16.3. The summed E-state index contributed by atoms with van der Waals surface area (Å²) >= 11 is 0. The molecule has 0 bridgehead atoms. The van der Waals surface area contributed by atoms with E-state index in [-0.39, 0.29) is 12.5 Å². The summed E-state index contributed by atoms with van der Waals surface area (Å²) in [5.74, 6) is 2.62. The van der Waals surface area contributed by atoms with E-state index in [9.17, 15) is 5.11 Å². The van der Waals surface area contributed by atoms with Gasteiger partial charge in [0.1, 0.15) is 17.3 Å². The van der Waals surface area contributed by atoms with Gasteiger partial charge in [0, 0.05) is 38.5 Å². The number of nitrogens with zero attached hydrogens (tertiary/aromatic N) is 4. The first-order valence-corrected chi connectivity index (χ1v) is 10.7. The molecule has 0 saturated carbocycles. The van der Waals surface area contributed by atoms with Gasteiger partial charge in [0.05, 0.1) is 0 Å². The summed E-state index contributed by atoms with van der Waals surface area (Å²) in [5, 5.41) is 12.7. The zero-order valence-corrected chi connectivity index (χ0v) is 17.5. The summed E-state index contributed by atoms with van der Waals surface area (Å²) in [6.45, 7) is 4.85. The Bertz CT molecular complexity index is 936. The Balaban J connectivity index is 1.59. The number of pyridine rings is 1. The molecule has 3 heterocycles. The second-order valence-electron chi connectivity index (χ2n) is 7.91. The Hall–Kier alpha value is -2.99. The van der Waals surface area contributed by atoms with Crippen LogP contribution in [0.2, 0.25) is 0 Å². The van der Waals surface area contributed by atoms with Crippen molar-refractivity contribution in [2.45, 2.75) is 26.2 Å². The average molecular weight is 404 g/mol. The molecule has 2 N–H and O–H groups in total. The van der Waals surface area contributed by atoms with Crippen LogP contribution < -0.4 is 10.2 Å². The topological polar surface area (TPSA) is 74.2 Å². The molecule has 0 aliphatic carbocycles. The molecule has 3 aromatic rings. The third-order valence-corrected chi connectivity index (χ3v) is 5.61. The van der Waals surface area contributed by atoms with Crippen molar-refractivity contribution >= 4 is 11.6 Å². The van der Waals surface area contributed by atoms with E-state index in [1.54, 1.807) is 6.20 Å². The Morgan fingerprint density at radius 1 is 1.03 bits per heavy atom. The van der Waals surface area contributed by atoms with E-state index in [4.69, 9.17) is 9.97 Å². The van der Waals surface area contributed by atoms with Gasteiger partial charge in [-0.3, -0.25) is 4.98 Å². The number of aromatic nitrogens is 3. The first kappa shape index (κ1) is 20.3. The van der Waals surface area contributed by atoms with Crippen molar-refractivity contribution in [2.24, 2.45) is 5.92 Å². The smallest absolute Gasteiger partial charge is 0.182 e. The number of aliphatic hydroxyl groups is 1. The predicted molar refractivity (Wildman–Crippen MR) is 121 cm³/mol. The molecule has 0 radical (unpaired) electrons. The first-order valence-electron chi connectivity index (χ1n) is 10.7. The third kappa shape index (κ3) is 4.94. The molecule has 1 aromatic carbocycles. The minimum atomic E-state index is 0.199. The molecular formula is C24H29N5O. The molecule has 156 valence electrons. The standard InChI is InChI=1S/C24H29N5O/c1-18(17-30)9-13-26-22-16-23(28-24(27-22)21-8-4-5-12-25-21)29-14-10-19-6-2-3-7-20(19)11-15-29/h2-8,12,16,18,30H,9-11,13-15,17H2,1H3,(H,26,27,28). The van der Waals surface area contributed by atoms with Gasteiger partial charge in [0.15, 0.2) is 5.82 Å². The molecule has 4 rings (SSSR count). The molecule has 0 spiro atoms. The van der Waals surface area contributed by atoms with E-state index in [0.717, 1.165) is 56.2 Å². The molecule has 1 atom stereocenters. The SMILES string of the molecule is CC(CO)CCNc1cc(N2CCc3ccccc3CC2)nc(-c2ccccn2)n1. The fourth-order valence-corrected chi connectivity index (χ4v) is 3.73. The van der Waals surface area contributed by atoms with Gasteiger partial charge in [-0.25, -0.2) is 9.97 Å². The molecule has 1 aliphatic heterocycles. The summed E-state index contributed by atoms with van der Waals surface area (Å²) in [6.07, 6.45) is 4.67. The van der Waals surface area contributed by atoms with E-state index in [2.05, 4.69) is 39.5 Å². The lowest BCUT2D eigenvalue weighted by molar-refractivity contribution is 0.233.